The summed E-state index contributed by atoms with van der Waals surface area (Å²) in [5.74, 6) is 1.18. The summed E-state index contributed by atoms with van der Waals surface area (Å²) >= 11 is 5.74. The first-order valence-electron chi connectivity index (χ1n) is 6.17. The third-order valence-corrected chi connectivity index (χ3v) is 4.77. The first-order valence-corrected chi connectivity index (χ1v) is 8.37. The van der Waals surface area contributed by atoms with Gasteiger partial charge in [0, 0.05) is 5.75 Å². The van der Waals surface area contributed by atoms with Crippen molar-refractivity contribution in [2.24, 2.45) is 0 Å². The lowest BCUT2D eigenvalue weighted by Crippen LogP contribution is -2.21. The van der Waals surface area contributed by atoms with Gasteiger partial charge in [-0.1, -0.05) is 13.8 Å². The van der Waals surface area contributed by atoms with Crippen molar-refractivity contribution in [1.29, 1.82) is 0 Å². The van der Waals surface area contributed by atoms with E-state index in [1.807, 2.05) is 13.0 Å². The van der Waals surface area contributed by atoms with Crippen LogP contribution in [0.25, 0.3) is 0 Å². The molecular weight excluding hydrogens is 274 g/mol. The van der Waals surface area contributed by atoms with Gasteiger partial charge in [0.15, 0.2) is 5.22 Å². The third-order valence-electron chi connectivity index (χ3n) is 2.78. The van der Waals surface area contributed by atoms with E-state index >= 15 is 0 Å². The Morgan fingerprint density at radius 1 is 1.39 bits per heavy atom. The molecule has 0 saturated carbocycles. The molecule has 0 radical (unpaired) electrons. The lowest BCUT2D eigenvalue weighted by atomic mass is 10.1. The molecule has 0 bridgehead atoms. The number of hydrogen-bond acceptors (Lipinski definition) is 4. The minimum atomic E-state index is -2.89. The predicted octanol–water partition coefficient (Wildman–Crippen LogP) is 2.80. The fourth-order valence-corrected chi connectivity index (χ4v) is 2.81. The molecule has 0 fully saturated rings. The third kappa shape index (κ3) is 5.00. The van der Waals surface area contributed by atoms with E-state index in [0.717, 1.165) is 18.7 Å². The second-order valence-corrected chi connectivity index (χ2v) is 6.98. The average Bonchev–Trinajstić information content (AvgIpc) is 2.74. The van der Waals surface area contributed by atoms with Gasteiger partial charge in [0.1, 0.15) is 15.6 Å². The maximum Gasteiger partial charge on any atom is 0.193 e. The summed E-state index contributed by atoms with van der Waals surface area (Å²) < 4.78 is 28.2. The van der Waals surface area contributed by atoms with Crippen LogP contribution in [-0.2, 0) is 9.84 Å². The molecule has 1 heterocycles. The molecule has 1 atom stereocenters. The van der Waals surface area contributed by atoms with Crippen molar-refractivity contribution in [3.8, 4) is 0 Å². The molecule has 1 aromatic heterocycles. The highest BCUT2D eigenvalue weighted by Gasteiger charge is 2.16. The monoisotopic (exact) mass is 293 g/mol. The second kappa shape index (κ2) is 7.16. The number of nitrogens with one attached hydrogen (secondary N) is 1. The summed E-state index contributed by atoms with van der Waals surface area (Å²) in [6.07, 6.45) is 1.34. The van der Waals surface area contributed by atoms with Gasteiger partial charge < -0.3 is 9.73 Å². The van der Waals surface area contributed by atoms with Crippen molar-refractivity contribution >= 4 is 21.4 Å². The lowest BCUT2D eigenvalue weighted by molar-refractivity contribution is 0.400. The van der Waals surface area contributed by atoms with E-state index in [2.05, 4.69) is 5.32 Å². The molecule has 1 rings (SSSR count). The van der Waals surface area contributed by atoms with Crippen molar-refractivity contribution in [3.05, 3.63) is 23.1 Å². The minimum absolute atomic E-state index is 0.0227. The van der Waals surface area contributed by atoms with Crippen molar-refractivity contribution in [3.63, 3.8) is 0 Å². The molecule has 0 aromatic carbocycles. The van der Waals surface area contributed by atoms with Crippen molar-refractivity contribution in [1.82, 2.24) is 5.32 Å². The number of furan rings is 1. The Morgan fingerprint density at radius 2 is 2.11 bits per heavy atom. The van der Waals surface area contributed by atoms with Crippen LogP contribution in [0.2, 0.25) is 5.22 Å². The Labute approximate surface area is 114 Å². The Hall–Kier alpha value is -0.520. The van der Waals surface area contributed by atoms with Crippen LogP contribution in [0.4, 0.5) is 0 Å². The number of sulfone groups is 1. The SMILES string of the molecule is CCNC(CCCS(=O)(=O)CC)c1ccc(Cl)o1. The largest absolute Gasteiger partial charge is 0.448 e. The Balaban J connectivity index is 2.54. The normalized spacial score (nSPS) is 13.7. The lowest BCUT2D eigenvalue weighted by Gasteiger charge is -2.15. The van der Waals surface area contributed by atoms with Gasteiger partial charge in [0.2, 0.25) is 0 Å². The Morgan fingerprint density at radius 3 is 2.61 bits per heavy atom. The van der Waals surface area contributed by atoms with Crippen LogP contribution >= 0.6 is 11.6 Å². The van der Waals surface area contributed by atoms with Gasteiger partial charge in [-0.15, -0.1) is 0 Å². The van der Waals surface area contributed by atoms with Crippen molar-refractivity contribution in [2.45, 2.75) is 32.7 Å². The van der Waals surface area contributed by atoms with Crippen LogP contribution < -0.4 is 5.32 Å². The molecule has 4 nitrogen and oxygen atoms in total. The molecule has 0 aliphatic heterocycles. The Kier molecular flexibility index (Phi) is 6.18. The fourth-order valence-electron chi connectivity index (χ4n) is 1.76. The van der Waals surface area contributed by atoms with Crippen molar-refractivity contribution in [2.75, 3.05) is 18.1 Å². The summed E-state index contributed by atoms with van der Waals surface area (Å²) in [5.41, 5.74) is 0. The highest BCUT2D eigenvalue weighted by Crippen LogP contribution is 2.23. The average molecular weight is 294 g/mol. The Bertz CT molecular complexity index is 456. The smallest absolute Gasteiger partial charge is 0.193 e. The maximum absolute atomic E-state index is 11.4. The molecular formula is C12H20ClNO3S. The van der Waals surface area contributed by atoms with Crippen LogP contribution in [-0.4, -0.2) is 26.5 Å². The van der Waals surface area contributed by atoms with E-state index in [1.165, 1.54) is 0 Å². The van der Waals surface area contributed by atoms with E-state index in [0.29, 0.717) is 11.6 Å². The van der Waals surface area contributed by atoms with Crippen LogP contribution in [0.15, 0.2) is 16.5 Å². The molecule has 18 heavy (non-hydrogen) atoms. The van der Waals surface area contributed by atoms with E-state index in [1.54, 1.807) is 13.0 Å². The predicted molar refractivity (Wildman–Crippen MR) is 73.7 cm³/mol. The molecule has 0 amide bonds. The molecule has 0 saturated heterocycles. The summed E-state index contributed by atoms with van der Waals surface area (Å²) in [7, 11) is -2.89. The molecule has 0 aliphatic carbocycles. The first-order chi connectivity index (χ1) is 8.48. The van der Waals surface area contributed by atoms with Gasteiger partial charge in [-0.25, -0.2) is 8.42 Å². The molecule has 1 N–H and O–H groups in total. The number of hydrogen-bond donors (Lipinski definition) is 1. The zero-order chi connectivity index (χ0) is 13.6. The van der Waals surface area contributed by atoms with E-state index in [4.69, 9.17) is 16.0 Å². The molecule has 104 valence electrons. The van der Waals surface area contributed by atoms with Gasteiger partial charge in [-0.2, -0.15) is 0 Å². The van der Waals surface area contributed by atoms with Crippen LogP contribution in [0.1, 0.15) is 38.5 Å². The van der Waals surface area contributed by atoms with E-state index in [-0.39, 0.29) is 17.5 Å². The topological polar surface area (TPSA) is 59.3 Å². The maximum atomic E-state index is 11.4. The standard InChI is InChI=1S/C12H20ClNO3S/c1-3-14-10(11-7-8-12(13)17-11)6-5-9-18(15,16)4-2/h7-8,10,14H,3-6,9H2,1-2H3. The summed E-state index contributed by atoms with van der Waals surface area (Å²) in [6.45, 7) is 4.47. The number of halogens is 1. The van der Waals surface area contributed by atoms with Crippen LogP contribution in [0, 0.1) is 0 Å². The van der Waals surface area contributed by atoms with Crippen LogP contribution in [0.5, 0.6) is 0 Å². The summed E-state index contributed by atoms with van der Waals surface area (Å²) in [6, 6.07) is 3.54. The van der Waals surface area contributed by atoms with Gasteiger partial charge in [0.05, 0.1) is 11.8 Å². The van der Waals surface area contributed by atoms with Crippen molar-refractivity contribution < 1.29 is 12.8 Å². The highest BCUT2D eigenvalue weighted by atomic mass is 35.5. The molecule has 6 heteroatoms. The quantitative estimate of drug-likeness (QED) is 0.801. The zero-order valence-electron chi connectivity index (χ0n) is 10.8. The molecule has 0 spiro atoms. The summed E-state index contributed by atoms with van der Waals surface area (Å²) in [5, 5.41) is 3.62. The van der Waals surface area contributed by atoms with E-state index in [9.17, 15) is 8.42 Å². The second-order valence-electron chi connectivity index (χ2n) is 4.13. The minimum Gasteiger partial charge on any atom is -0.448 e. The van der Waals surface area contributed by atoms with Gasteiger partial charge in [-0.05, 0) is 43.1 Å². The van der Waals surface area contributed by atoms with E-state index < -0.39 is 9.84 Å². The van der Waals surface area contributed by atoms with Gasteiger partial charge in [0.25, 0.3) is 0 Å². The molecule has 1 aromatic rings. The first kappa shape index (κ1) is 15.5. The highest BCUT2D eigenvalue weighted by molar-refractivity contribution is 7.91. The van der Waals surface area contributed by atoms with Crippen LogP contribution in [0.3, 0.4) is 0 Å². The number of rotatable bonds is 8. The zero-order valence-corrected chi connectivity index (χ0v) is 12.4. The van der Waals surface area contributed by atoms with Gasteiger partial charge in [-0.3, -0.25) is 0 Å². The summed E-state index contributed by atoms with van der Waals surface area (Å²) in [4.78, 5) is 0. The fraction of sp³-hybridized carbons (Fsp3) is 0.667. The molecule has 1 unspecified atom stereocenters. The molecule has 0 aliphatic rings. The van der Waals surface area contributed by atoms with Gasteiger partial charge >= 0.3 is 0 Å².